The highest BCUT2D eigenvalue weighted by Gasteiger charge is 2.27. The first-order valence-electron chi connectivity index (χ1n) is 4.21. The molecule has 1 aromatic carbocycles. The molecule has 0 aromatic heterocycles. The van der Waals surface area contributed by atoms with Gasteiger partial charge in [-0.3, -0.25) is 9.79 Å². The summed E-state index contributed by atoms with van der Waals surface area (Å²) in [4.78, 5) is 27.9. The third-order valence-electron chi connectivity index (χ3n) is 1.66. The molecule has 0 atom stereocenters. The number of carbonyl (C=O) groups excluding carboxylic acids is 1. The molecule has 1 aromatic rings. The van der Waals surface area contributed by atoms with E-state index in [0.717, 1.165) is 0 Å². The van der Waals surface area contributed by atoms with Crippen molar-refractivity contribution in [3.63, 3.8) is 0 Å². The van der Waals surface area contributed by atoms with Gasteiger partial charge < -0.3 is 4.52 Å². The Morgan fingerprint density at radius 1 is 1.18 bits per heavy atom. The van der Waals surface area contributed by atoms with Crippen molar-refractivity contribution in [1.82, 2.24) is 0 Å². The topological polar surface area (TPSA) is 83.8 Å². The first-order valence-corrected chi connectivity index (χ1v) is 5.74. The molecule has 0 heterocycles. The number of benzene rings is 1. The summed E-state index contributed by atoms with van der Waals surface area (Å²) >= 11 is 0. The van der Waals surface area contributed by atoms with Crippen molar-refractivity contribution in [2.24, 2.45) is 0 Å². The Hall–Kier alpha value is -1.56. The first kappa shape index (κ1) is 13.5. The number of phosphoric ester groups is 1. The predicted molar refractivity (Wildman–Crippen MR) is 53.7 cm³/mol. The van der Waals surface area contributed by atoms with Crippen LogP contribution in [0.3, 0.4) is 0 Å². The molecular weight excluding hydrogens is 257 g/mol. The Bertz CT molecular complexity index is 489. The summed E-state index contributed by atoms with van der Waals surface area (Å²) in [5, 5.41) is 0. The molecular formula is C9H7F2O5P. The van der Waals surface area contributed by atoms with E-state index in [1.807, 2.05) is 0 Å². The van der Waals surface area contributed by atoms with Gasteiger partial charge >= 0.3 is 13.8 Å². The average Bonchev–Trinajstić information content (AvgIpc) is 2.15. The maximum Gasteiger partial charge on any atom is 0.527 e. The second-order valence-electron chi connectivity index (χ2n) is 2.87. The number of carbonyl (C=O) groups is 1. The Morgan fingerprint density at radius 3 is 2.12 bits per heavy atom. The van der Waals surface area contributed by atoms with E-state index >= 15 is 0 Å². The lowest BCUT2D eigenvalue weighted by Gasteiger charge is -2.07. The molecule has 0 aliphatic heterocycles. The van der Waals surface area contributed by atoms with E-state index in [9.17, 15) is 18.1 Å². The Labute approximate surface area is 94.6 Å². The van der Waals surface area contributed by atoms with Crippen LogP contribution in [0.15, 0.2) is 36.4 Å². The molecule has 1 rings (SSSR count). The summed E-state index contributed by atoms with van der Waals surface area (Å²) in [6.45, 7) is 0. The van der Waals surface area contributed by atoms with Gasteiger partial charge in [-0.25, -0.2) is 9.36 Å². The minimum absolute atomic E-state index is 0.189. The van der Waals surface area contributed by atoms with Gasteiger partial charge in [-0.05, 0) is 5.56 Å². The van der Waals surface area contributed by atoms with Crippen molar-refractivity contribution in [3.05, 3.63) is 42.0 Å². The number of rotatable bonds is 3. The van der Waals surface area contributed by atoms with Crippen molar-refractivity contribution < 1.29 is 32.5 Å². The number of phosphoric acid groups is 1. The number of hydrogen-bond donors (Lipinski definition) is 2. The molecule has 0 radical (unpaired) electrons. The first-order chi connectivity index (χ1) is 7.81. The van der Waals surface area contributed by atoms with Crippen LogP contribution in [-0.4, -0.2) is 15.8 Å². The zero-order chi connectivity index (χ0) is 13.1. The van der Waals surface area contributed by atoms with Crippen LogP contribution >= 0.6 is 7.82 Å². The Morgan fingerprint density at radius 2 is 1.71 bits per heavy atom. The van der Waals surface area contributed by atoms with E-state index < -0.39 is 25.4 Å². The van der Waals surface area contributed by atoms with Crippen molar-refractivity contribution in [3.8, 4) is 0 Å². The van der Waals surface area contributed by atoms with Gasteiger partial charge in [0.25, 0.3) is 6.08 Å². The number of hydrogen-bond acceptors (Lipinski definition) is 3. The van der Waals surface area contributed by atoms with Crippen molar-refractivity contribution in [2.75, 3.05) is 0 Å². The molecule has 0 fully saturated rings. The molecule has 8 heteroatoms. The second kappa shape index (κ2) is 5.18. The van der Waals surface area contributed by atoms with E-state index in [1.165, 1.54) is 30.3 Å². The van der Waals surface area contributed by atoms with Crippen molar-refractivity contribution >= 4 is 19.4 Å². The minimum atomic E-state index is -5.15. The SMILES string of the molecule is O=C(OP(=O)(O)O)C(=C(F)F)c1ccccc1. The highest BCUT2D eigenvalue weighted by Crippen LogP contribution is 2.38. The van der Waals surface area contributed by atoms with Gasteiger partial charge in [0.2, 0.25) is 0 Å². The zero-order valence-electron chi connectivity index (χ0n) is 8.21. The summed E-state index contributed by atoms with van der Waals surface area (Å²) in [5.74, 6) is -1.77. The molecule has 2 N–H and O–H groups in total. The van der Waals surface area contributed by atoms with Crippen LogP contribution in [0.25, 0.3) is 5.57 Å². The standard InChI is InChI=1S/C9H7F2O5P/c10-8(11)7(6-4-2-1-3-5-6)9(12)16-17(13,14)15/h1-5H,(H2,13,14,15). The Balaban J connectivity index is 3.10. The fraction of sp³-hybridized carbons (Fsp3) is 0. The van der Waals surface area contributed by atoms with Gasteiger partial charge in [-0.1, -0.05) is 30.3 Å². The van der Waals surface area contributed by atoms with Crippen LogP contribution in [-0.2, 0) is 13.9 Å². The molecule has 17 heavy (non-hydrogen) atoms. The predicted octanol–water partition coefficient (Wildman–Crippen LogP) is 1.93. The normalized spacial score (nSPS) is 10.8. The molecule has 0 spiro atoms. The highest BCUT2D eigenvalue weighted by molar-refractivity contribution is 7.47. The molecule has 0 bridgehead atoms. The molecule has 5 nitrogen and oxygen atoms in total. The van der Waals surface area contributed by atoms with Gasteiger partial charge in [0, 0.05) is 0 Å². The molecule has 0 amide bonds. The zero-order valence-corrected chi connectivity index (χ0v) is 9.10. The summed E-state index contributed by atoms with van der Waals surface area (Å²) in [7, 11) is -5.15. The average molecular weight is 264 g/mol. The molecule has 0 aliphatic rings. The fourth-order valence-corrected chi connectivity index (χ4v) is 1.37. The van der Waals surface area contributed by atoms with E-state index in [0.29, 0.717) is 0 Å². The van der Waals surface area contributed by atoms with Crippen LogP contribution < -0.4 is 0 Å². The molecule has 0 aliphatic carbocycles. The van der Waals surface area contributed by atoms with Crippen LogP contribution in [0.5, 0.6) is 0 Å². The van der Waals surface area contributed by atoms with Crippen LogP contribution in [0, 0.1) is 0 Å². The molecule has 0 saturated carbocycles. The van der Waals surface area contributed by atoms with Crippen molar-refractivity contribution in [1.29, 1.82) is 0 Å². The van der Waals surface area contributed by atoms with E-state index in [2.05, 4.69) is 4.52 Å². The lowest BCUT2D eigenvalue weighted by molar-refractivity contribution is -0.129. The van der Waals surface area contributed by atoms with Crippen molar-refractivity contribution in [2.45, 2.75) is 0 Å². The summed E-state index contributed by atoms with van der Waals surface area (Å²) in [6.07, 6.45) is -2.38. The Kier molecular flexibility index (Phi) is 4.11. The van der Waals surface area contributed by atoms with E-state index in [4.69, 9.17) is 9.79 Å². The summed E-state index contributed by atoms with van der Waals surface area (Å²) in [6, 6.07) is 6.70. The maximum absolute atomic E-state index is 12.5. The molecule has 0 saturated heterocycles. The second-order valence-corrected chi connectivity index (χ2v) is 4.03. The van der Waals surface area contributed by atoms with E-state index in [-0.39, 0.29) is 5.56 Å². The molecule has 0 unspecified atom stereocenters. The fourth-order valence-electron chi connectivity index (χ4n) is 1.06. The van der Waals surface area contributed by atoms with E-state index in [1.54, 1.807) is 0 Å². The smallest absolute Gasteiger partial charge is 0.367 e. The highest BCUT2D eigenvalue weighted by atomic mass is 31.2. The van der Waals surface area contributed by atoms with Crippen LogP contribution in [0.4, 0.5) is 8.78 Å². The van der Waals surface area contributed by atoms with Crippen LogP contribution in [0.1, 0.15) is 5.56 Å². The lowest BCUT2D eigenvalue weighted by atomic mass is 10.1. The minimum Gasteiger partial charge on any atom is -0.367 e. The van der Waals surface area contributed by atoms with Crippen LogP contribution in [0.2, 0.25) is 0 Å². The number of halogens is 2. The van der Waals surface area contributed by atoms with Gasteiger partial charge in [0.05, 0.1) is 0 Å². The third kappa shape index (κ3) is 4.07. The van der Waals surface area contributed by atoms with Gasteiger partial charge in [-0.15, -0.1) is 0 Å². The quantitative estimate of drug-likeness (QED) is 0.643. The maximum atomic E-state index is 12.5. The van der Waals surface area contributed by atoms with Gasteiger partial charge in [0.1, 0.15) is 5.57 Å². The summed E-state index contributed by atoms with van der Waals surface area (Å²) in [5.41, 5.74) is -1.36. The van der Waals surface area contributed by atoms with Gasteiger partial charge in [-0.2, -0.15) is 8.78 Å². The monoisotopic (exact) mass is 264 g/mol. The lowest BCUT2D eigenvalue weighted by Crippen LogP contribution is -2.06. The third-order valence-corrected chi connectivity index (χ3v) is 2.06. The summed E-state index contributed by atoms with van der Waals surface area (Å²) < 4.78 is 39.1. The van der Waals surface area contributed by atoms with Gasteiger partial charge in [0.15, 0.2) is 0 Å². The largest absolute Gasteiger partial charge is 0.527 e. The molecule has 92 valence electrons.